The summed E-state index contributed by atoms with van der Waals surface area (Å²) in [6.07, 6.45) is 0. The van der Waals surface area contributed by atoms with Gasteiger partial charge in [-0.3, -0.25) is 9.69 Å². The zero-order chi connectivity index (χ0) is 20.4. The van der Waals surface area contributed by atoms with E-state index in [-0.39, 0.29) is 17.5 Å². The Labute approximate surface area is 177 Å². The van der Waals surface area contributed by atoms with Crippen molar-refractivity contribution in [1.29, 1.82) is 0 Å². The summed E-state index contributed by atoms with van der Waals surface area (Å²) >= 11 is 3.09. The number of rotatable bonds is 5. The minimum atomic E-state index is -0.346. The van der Waals surface area contributed by atoms with E-state index in [1.54, 1.807) is 17.4 Å². The second kappa shape index (κ2) is 8.61. The molecule has 1 fully saturated rings. The van der Waals surface area contributed by atoms with Crippen LogP contribution in [0.5, 0.6) is 5.75 Å². The number of amides is 1. The number of carbonyl (C=O) groups is 1. The summed E-state index contributed by atoms with van der Waals surface area (Å²) in [5.41, 5.74) is 2.76. The number of methoxy groups -OCH3 is 1. The van der Waals surface area contributed by atoms with Crippen LogP contribution in [0.4, 0.5) is 4.39 Å². The number of thiophene rings is 1. The largest absolute Gasteiger partial charge is 0.494 e. The van der Waals surface area contributed by atoms with Crippen LogP contribution in [-0.2, 0) is 6.54 Å². The average molecular weight is 432 g/mol. The molecule has 1 amide bonds. The smallest absolute Gasteiger partial charge is 0.265 e. The summed E-state index contributed by atoms with van der Waals surface area (Å²) < 4.78 is 18.9. The van der Waals surface area contributed by atoms with Gasteiger partial charge in [-0.05, 0) is 36.1 Å². The van der Waals surface area contributed by atoms with Crippen LogP contribution in [0.2, 0.25) is 0 Å². The van der Waals surface area contributed by atoms with Gasteiger partial charge in [0.1, 0.15) is 9.88 Å². The van der Waals surface area contributed by atoms with E-state index in [4.69, 9.17) is 4.74 Å². The normalized spacial score (nSPS) is 14.9. The third-order valence-electron chi connectivity index (χ3n) is 5.04. The fourth-order valence-corrected chi connectivity index (χ4v) is 5.17. The maximum Gasteiger partial charge on any atom is 0.265 e. The number of thiazole rings is 1. The quantitative estimate of drug-likeness (QED) is 0.605. The molecule has 0 saturated carbocycles. The first-order valence-corrected chi connectivity index (χ1v) is 11.1. The number of ether oxygens (including phenoxy) is 1. The van der Waals surface area contributed by atoms with Crippen LogP contribution < -0.4 is 4.74 Å². The first kappa shape index (κ1) is 20.0. The predicted molar refractivity (Wildman–Crippen MR) is 114 cm³/mol. The van der Waals surface area contributed by atoms with E-state index in [0.717, 1.165) is 39.8 Å². The van der Waals surface area contributed by atoms with Gasteiger partial charge in [0.05, 0.1) is 12.8 Å². The third-order valence-corrected chi connectivity index (χ3v) is 6.92. The van der Waals surface area contributed by atoms with E-state index in [1.807, 2.05) is 34.7 Å². The number of halogens is 1. The lowest BCUT2D eigenvalue weighted by Crippen LogP contribution is -2.48. The number of hydrogen-bond donors (Lipinski definition) is 0. The summed E-state index contributed by atoms with van der Waals surface area (Å²) in [4.78, 5) is 22.4. The summed E-state index contributed by atoms with van der Waals surface area (Å²) in [7, 11) is 1.46. The number of aryl methyl sites for hydroxylation is 1. The number of carbonyl (C=O) groups excluding carboxylic acids is 1. The van der Waals surface area contributed by atoms with Crippen molar-refractivity contribution in [2.24, 2.45) is 0 Å². The molecule has 29 heavy (non-hydrogen) atoms. The summed E-state index contributed by atoms with van der Waals surface area (Å²) in [6, 6.07) is 7.08. The molecule has 0 atom stereocenters. The molecule has 8 heteroatoms. The second-order valence-corrected chi connectivity index (χ2v) is 8.76. The molecule has 3 aromatic rings. The summed E-state index contributed by atoms with van der Waals surface area (Å²) in [5, 5.41) is 4.96. The SMILES string of the molecule is COc1ccc(CN2CCN(C(=O)c3sc(-c4ccsc4)nc3C)CC2)cc1F. The zero-order valence-corrected chi connectivity index (χ0v) is 18.0. The Balaban J connectivity index is 1.37. The summed E-state index contributed by atoms with van der Waals surface area (Å²) in [6.45, 7) is 5.38. The van der Waals surface area contributed by atoms with Crippen molar-refractivity contribution in [2.75, 3.05) is 33.3 Å². The van der Waals surface area contributed by atoms with Crippen LogP contribution in [0.15, 0.2) is 35.0 Å². The van der Waals surface area contributed by atoms with E-state index in [2.05, 4.69) is 9.88 Å². The molecule has 5 nitrogen and oxygen atoms in total. The van der Waals surface area contributed by atoms with E-state index in [9.17, 15) is 9.18 Å². The predicted octanol–water partition coefficient (Wildman–Crippen LogP) is 4.29. The Morgan fingerprint density at radius 1 is 1.24 bits per heavy atom. The van der Waals surface area contributed by atoms with Gasteiger partial charge >= 0.3 is 0 Å². The fraction of sp³-hybridized carbons (Fsp3) is 0.333. The molecule has 0 radical (unpaired) electrons. The standard InChI is InChI=1S/C21H22FN3O2S2/c1-14-19(29-20(23-14)16-5-10-28-13-16)21(26)25-8-6-24(7-9-25)12-15-3-4-18(27-2)17(22)11-15/h3-5,10-11,13H,6-9,12H2,1-2H3. The van der Waals surface area contributed by atoms with Crippen molar-refractivity contribution in [3.63, 3.8) is 0 Å². The Morgan fingerprint density at radius 2 is 2.03 bits per heavy atom. The molecule has 1 aliphatic heterocycles. The number of piperazine rings is 1. The minimum absolute atomic E-state index is 0.0524. The lowest BCUT2D eigenvalue weighted by molar-refractivity contribution is 0.0632. The maximum absolute atomic E-state index is 13.9. The van der Waals surface area contributed by atoms with Crippen molar-refractivity contribution < 1.29 is 13.9 Å². The molecule has 4 rings (SSSR count). The van der Waals surface area contributed by atoms with Crippen LogP contribution >= 0.6 is 22.7 Å². The molecule has 1 aromatic carbocycles. The topological polar surface area (TPSA) is 45.7 Å². The van der Waals surface area contributed by atoms with Crippen LogP contribution in [-0.4, -0.2) is 54.0 Å². The molecule has 0 spiro atoms. The van der Waals surface area contributed by atoms with Gasteiger partial charge in [-0.15, -0.1) is 11.3 Å². The van der Waals surface area contributed by atoms with Crippen molar-refractivity contribution in [3.05, 3.63) is 57.0 Å². The second-order valence-electron chi connectivity index (χ2n) is 6.98. The molecule has 3 heterocycles. The molecule has 0 N–H and O–H groups in total. The van der Waals surface area contributed by atoms with Gasteiger partial charge in [0.25, 0.3) is 5.91 Å². The van der Waals surface area contributed by atoms with Gasteiger partial charge in [-0.2, -0.15) is 11.3 Å². The third kappa shape index (κ3) is 4.34. The van der Waals surface area contributed by atoms with Crippen molar-refractivity contribution >= 4 is 28.6 Å². The Morgan fingerprint density at radius 3 is 2.69 bits per heavy atom. The minimum Gasteiger partial charge on any atom is -0.494 e. The molecular weight excluding hydrogens is 409 g/mol. The van der Waals surface area contributed by atoms with Crippen molar-refractivity contribution in [2.45, 2.75) is 13.5 Å². The fourth-order valence-electron chi connectivity index (χ4n) is 3.42. The molecule has 1 saturated heterocycles. The number of benzene rings is 1. The van der Waals surface area contributed by atoms with Crippen molar-refractivity contribution in [1.82, 2.24) is 14.8 Å². The van der Waals surface area contributed by atoms with Crippen LogP contribution in [0.1, 0.15) is 20.9 Å². The number of nitrogens with zero attached hydrogens (tertiary/aromatic N) is 3. The van der Waals surface area contributed by atoms with E-state index >= 15 is 0 Å². The van der Waals surface area contributed by atoms with Gasteiger partial charge in [0.2, 0.25) is 0 Å². The molecule has 0 aliphatic carbocycles. The lowest BCUT2D eigenvalue weighted by atomic mass is 10.1. The summed E-state index contributed by atoms with van der Waals surface area (Å²) in [5.74, 6) is -0.0385. The van der Waals surface area contributed by atoms with E-state index < -0.39 is 0 Å². The Kier molecular flexibility index (Phi) is 5.94. The highest BCUT2D eigenvalue weighted by atomic mass is 32.1. The monoisotopic (exact) mass is 431 g/mol. The van der Waals surface area contributed by atoms with Crippen LogP contribution in [0, 0.1) is 12.7 Å². The highest BCUT2D eigenvalue weighted by molar-refractivity contribution is 7.17. The van der Waals surface area contributed by atoms with Gasteiger partial charge in [0, 0.05) is 43.7 Å². The molecule has 152 valence electrons. The van der Waals surface area contributed by atoms with E-state index in [1.165, 1.54) is 24.5 Å². The van der Waals surface area contributed by atoms with Gasteiger partial charge in [0.15, 0.2) is 11.6 Å². The van der Waals surface area contributed by atoms with Gasteiger partial charge in [-0.25, -0.2) is 9.37 Å². The molecule has 2 aromatic heterocycles. The first-order chi connectivity index (χ1) is 14.0. The van der Waals surface area contributed by atoms with Crippen LogP contribution in [0.25, 0.3) is 10.6 Å². The van der Waals surface area contributed by atoms with E-state index in [0.29, 0.717) is 19.6 Å². The highest BCUT2D eigenvalue weighted by Crippen LogP contribution is 2.30. The molecule has 0 unspecified atom stereocenters. The number of aromatic nitrogens is 1. The first-order valence-electron chi connectivity index (χ1n) is 9.39. The van der Waals surface area contributed by atoms with Crippen molar-refractivity contribution in [3.8, 4) is 16.3 Å². The molecule has 0 bridgehead atoms. The average Bonchev–Trinajstić information content (AvgIpc) is 3.38. The molecule has 1 aliphatic rings. The van der Waals surface area contributed by atoms with Gasteiger partial charge in [-0.1, -0.05) is 6.07 Å². The Hall–Kier alpha value is -2.29. The number of hydrogen-bond acceptors (Lipinski definition) is 6. The zero-order valence-electron chi connectivity index (χ0n) is 16.4. The maximum atomic E-state index is 13.9. The van der Waals surface area contributed by atoms with Gasteiger partial charge < -0.3 is 9.64 Å². The Bertz CT molecular complexity index is 996. The lowest BCUT2D eigenvalue weighted by Gasteiger charge is -2.34. The van der Waals surface area contributed by atoms with Crippen LogP contribution in [0.3, 0.4) is 0 Å². The molecular formula is C21H22FN3O2S2. The highest BCUT2D eigenvalue weighted by Gasteiger charge is 2.26.